The van der Waals surface area contributed by atoms with Gasteiger partial charge < -0.3 is 4.74 Å². The maximum Gasteiger partial charge on any atom is 0.209 e. The first-order chi connectivity index (χ1) is 8.79. The SMILES string of the molecule is Cc1cccc(OCCC(C)CCS(N)(=O)=O)c1F. The number of hydrogen-bond donors (Lipinski definition) is 1. The van der Waals surface area contributed by atoms with Gasteiger partial charge in [-0.25, -0.2) is 17.9 Å². The number of benzene rings is 1. The van der Waals surface area contributed by atoms with Crippen molar-refractivity contribution in [1.82, 2.24) is 0 Å². The quantitative estimate of drug-likeness (QED) is 0.836. The van der Waals surface area contributed by atoms with Crippen LogP contribution in [0.25, 0.3) is 0 Å². The highest BCUT2D eigenvalue weighted by Crippen LogP contribution is 2.20. The van der Waals surface area contributed by atoms with Crippen molar-refractivity contribution in [2.45, 2.75) is 26.7 Å². The van der Waals surface area contributed by atoms with Crippen LogP contribution in [0.3, 0.4) is 0 Å². The number of primary sulfonamides is 1. The highest BCUT2D eigenvalue weighted by atomic mass is 32.2. The molecule has 1 rings (SSSR count). The van der Waals surface area contributed by atoms with Crippen LogP contribution in [0.15, 0.2) is 18.2 Å². The molecule has 0 aliphatic rings. The van der Waals surface area contributed by atoms with Crippen molar-refractivity contribution in [1.29, 1.82) is 0 Å². The zero-order valence-corrected chi connectivity index (χ0v) is 12.0. The van der Waals surface area contributed by atoms with Crippen LogP contribution in [-0.2, 0) is 10.0 Å². The first-order valence-electron chi connectivity index (χ1n) is 6.18. The Morgan fingerprint density at radius 2 is 2.05 bits per heavy atom. The summed E-state index contributed by atoms with van der Waals surface area (Å²) in [5, 5.41) is 4.93. The minimum absolute atomic E-state index is 0.0347. The van der Waals surface area contributed by atoms with Gasteiger partial charge in [0, 0.05) is 0 Å². The zero-order chi connectivity index (χ0) is 14.5. The normalized spacial score (nSPS) is 13.3. The van der Waals surface area contributed by atoms with E-state index in [1.807, 2.05) is 6.92 Å². The fourth-order valence-electron chi connectivity index (χ4n) is 1.61. The smallest absolute Gasteiger partial charge is 0.209 e. The van der Waals surface area contributed by atoms with E-state index >= 15 is 0 Å². The molecule has 0 heterocycles. The van der Waals surface area contributed by atoms with Gasteiger partial charge in [-0.05, 0) is 37.3 Å². The summed E-state index contributed by atoms with van der Waals surface area (Å²) >= 11 is 0. The Hall–Kier alpha value is -1.14. The lowest BCUT2D eigenvalue weighted by Gasteiger charge is -2.12. The first kappa shape index (κ1) is 15.9. The largest absolute Gasteiger partial charge is 0.490 e. The number of rotatable bonds is 7. The van der Waals surface area contributed by atoms with Gasteiger partial charge in [-0.2, -0.15) is 0 Å². The third-order valence-corrected chi connectivity index (χ3v) is 3.72. The average Bonchev–Trinajstić information content (AvgIpc) is 2.31. The summed E-state index contributed by atoms with van der Waals surface area (Å²) in [5.74, 6) is 0.0111. The van der Waals surface area contributed by atoms with Gasteiger partial charge in [-0.1, -0.05) is 19.1 Å². The summed E-state index contributed by atoms with van der Waals surface area (Å²) < 4.78 is 40.6. The minimum Gasteiger partial charge on any atom is -0.490 e. The fraction of sp³-hybridized carbons (Fsp3) is 0.538. The molecule has 0 amide bonds. The van der Waals surface area contributed by atoms with Crippen LogP contribution in [0, 0.1) is 18.7 Å². The molecule has 0 aromatic heterocycles. The van der Waals surface area contributed by atoms with Crippen molar-refractivity contribution in [3.8, 4) is 5.75 Å². The number of aryl methyl sites for hydroxylation is 1. The Balaban J connectivity index is 2.36. The van der Waals surface area contributed by atoms with Gasteiger partial charge in [0.1, 0.15) is 0 Å². The summed E-state index contributed by atoms with van der Waals surface area (Å²) in [6.45, 7) is 3.95. The molecular weight excluding hydrogens is 269 g/mol. The van der Waals surface area contributed by atoms with Crippen molar-refractivity contribution >= 4 is 10.0 Å². The highest BCUT2D eigenvalue weighted by Gasteiger charge is 2.10. The monoisotopic (exact) mass is 289 g/mol. The van der Waals surface area contributed by atoms with Crippen LogP contribution in [0.1, 0.15) is 25.3 Å². The second-order valence-electron chi connectivity index (χ2n) is 4.78. The Morgan fingerprint density at radius 3 is 2.68 bits per heavy atom. The molecular formula is C13H20FNO3S. The Morgan fingerprint density at radius 1 is 1.37 bits per heavy atom. The number of sulfonamides is 1. The molecule has 0 aliphatic carbocycles. The van der Waals surface area contributed by atoms with E-state index in [-0.39, 0.29) is 23.2 Å². The molecule has 2 N–H and O–H groups in total. The summed E-state index contributed by atoms with van der Waals surface area (Å²) in [6.07, 6.45) is 1.14. The van der Waals surface area contributed by atoms with E-state index in [0.717, 1.165) is 0 Å². The predicted molar refractivity (Wildman–Crippen MR) is 73.0 cm³/mol. The molecule has 0 fully saturated rings. The van der Waals surface area contributed by atoms with Crippen LogP contribution in [0.2, 0.25) is 0 Å². The molecule has 1 atom stereocenters. The van der Waals surface area contributed by atoms with Crippen molar-refractivity contribution in [2.75, 3.05) is 12.4 Å². The molecule has 0 spiro atoms. The maximum absolute atomic E-state index is 13.6. The second kappa shape index (κ2) is 6.86. The van der Waals surface area contributed by atoms with Crippen LogP contribution in [0.4, 0.5) is 4.39 Å². The standard InChI is InChI=1S/C13H20FNO3S/c1-10(7-9-19(15,16)17)6-8-18-12-5-3-4-11(2)13(12)14/h3-5,10H,6-9H2,1-2H3,(H2,15,16,17). The van der Waals surface area contributed by atoms with Crippen LogP contribution >= 0.6 is 0 Å². The third kappa shape index (κ3) is 6.02. The van der Waals surface area contributed by atoms with Gasteiger partial charge in [0.05, 0.1) is 12.4 Å². The molecule has 0 aliphatic heterocycles. The van der Waals surface area contributed by atoms with Crippen LogP contribution in [-0.4, -0.2) is 20.8 Å². The van der Waals surface area contributed by atoms with Crippen LogP contribution in [0.5, 0.6) is 5.75 Å². The van der Waals surface area contributed by atoms with E-state index in [1.165, 1.54) is 0 Å². The highest BCUT2D eigenvalue weighted by molar-refractivity contribution is 7.89. The molecule has 1 unspecified atom stereocenters. The van der Waals surface area contributed by atoms with Gasteiger partial charge in [-0.15, -0.1) is 0 Å². The fourth-order valence-corrected chi connectivity index (χ4v) is 2.34. The van der Waals surface area contributed by atoms with E-state index in [9.17, 15) is 12.8 Å². The van der Waals surface area contributed by atoms with E-state index in [1.54, 1.807) is 25.1 Å². The lowest BCUT2D eigenvalue weighted by molar-refractivity contribution is 0.269. The van der Waals surface area contributed by atoms with Crippen molar-refractivity contribution in [3.05, 3.63) is 29.6 Å². The first-order valence-corrected chi connectivity index (χ1v) is 7.89. The lowest BCUT2D eigenvalue weighted by atomic mass is 10.1. The molecule has 0 bridgehead atoms. The Labute approximate surface area is 113 Å². The molecule has 0 saturated carbocycles. The van der Waals surface area contributed by atoms with Gasteiger partial charge in [0.2, 0.25) is 10.0 Å². The summed E-state index contributed by atoms with van der Waals surface area (Å²) in [6, 6.07) is 4.99. The molecule has 0 saturated heterocycles. The predicted octanol–water partition coefficient (Wildman–Crippen LogP) is 2.22. The third-order valence-electron chi connectivity index (χ3n) is 2.92. The molecule has 6 heteroatoms. The molecule has 1 aromatic carbocycles. The van der Waals surface area contributed by atoms with E-state index < -0.39 is 10.0 Å². The van der Waals surface area contributed by atoms with Gasteiger partial charge in [0.15, 0.2) is 11.6 Å². The maximum atomic E-state index is 13.6. The van der Waals surface area contributed by atoms with E-state index in [2.05, 4.69) is 0 Å². The van der Waals surface area contributed by atoms with Gasteiger partial charge >= 0.3 is 0 Å². The zero-order valence-electron chi connectivity index (χ0n) is 11.2. The second-order valence-corrected chi connectivity index (χ2v) is 6.52. The molecule has 108 valence electrons. The lowest BCUT2D eigenvalue weighted by Crippen LogP contribution is -2.18. The topological polar surface area (TPSA) is 69.4 Å². The van der Waals surface area contributed by atoms with Gasteiger partial charge in [-0.3, -0.25) is 0 Å². The summed E-state index contributed by atoms with van der Waals surface area (Å²) in [7, 11) is -3.41. The van der Waals surface area contributed by atoms with Gasteiger partial charge in [0.25, 0.3) is 0 Å². The molecule has 0 radical (unpaired) electrons. The van der Waals surface area contributed by atoms with Crippen molar-refractivity contribution < 1.29 is 17.5 Å². The molecule has 19 heavy (non-hydrogen) atoms. The molecule has 1 aromatic rings. The van der Waals surface area contributed by atoms with E-state index in [0.29, 0.717) is 25.0 Å². The van der Waals surface area contributed by atoms with Crippen molar-refractivity contribution in [2.24, 2.45) is 11.1 Å². The Bertz CT molecular complexity index is 517. The number of nitrogens with two attached hydrogens (primary N) is 1. The number of ether oxygens (including phenoxy) is 1. The number of halogens is 1. The summed E-state index contributed by atoms with van der Waals surface area (Å²) in [5.41, 5.74) is 0.541. The van der Waals surface area contributed by atoms with Crippen molar-refractivity contribution in [3.63, 3.8) is 0 Å². The average molecular weight is 289 g/mol. The van der Waals surface area contributed by atoms with E-state index in [4.69, 9.17) is 9.88 Å². The minimum atomic E-state index is -3.41. The Kier molecular flexibility index (Phi) is 5.75. The summed E-state index contributed by atoms with van der Waals surface area (Å²) in [4.78, 5) is 0. The molecule has 4 nitrogen and oxygen atoms in total. The number of hydrogen-bond acceptors (Lipinski definition) is 3. The van der Waals surface area contributed by atoms with Crippen LogP contribution < -0.4 is 9.88 Å².